The van der Waals surface area contributed by atoms with E-state index in [1.807, 2.05) is 12.1 Å². The first-order valence-corrected chi connectivity index (χ1v) is 7.52. The standard InChI is InChI=1S/C18H15N3O4/c1-11(22)13-4-2-12(3-5-13)8-17-14(6-7-25-17)15(23)9-16(24)18-19-10-20-21-18/h2-7,9-10,24H,8H2,1H3,(H,19,20,21). The van der Waals surface area contributed by atoms with Crippen LogP contribution in [-0.4, -0.2) is 31.9 Å². The van der Waals surface area contributed by atoms with Crippen LogP contribution in [0.25, 0.3) is 5.76 Å². The maximum Gasteiger partial charge on any atom is 0.215 e. The molecule has 25 heavy (non-hydrogen) atoms. The number of ketones is 2. The third-order valence-corrected chi connectivity index (χ3v) is 3.65. The van der Waals surface area contributed by atoms with Gasteiger partial charge in [-0.05, 0) is 18.6 Å². The van der Waals surface area contributed by atoms with Crippen LogP contribution in [0.15, 0.2) is 53.4 Å². The van der Waals surface area contributed by atoms with Gasteiger partial charge in [0.15, 0.2) is 17.3 Å². The molecule has 2 aromatic heterocycles. The Hall–Kier alpha value is -3.48. The van der Waals surface area contributed by atoms with Crippen LogP contribution in [0.2, 0.25) is 0 Å². The third-order valence-electron chi connectivity index (χ3n) is 3.65. The molecule has 2 heterocycles. The van der Waals surface area contributed by atoms with E-state index in [1.165, 1.54) is 19.5 Å². The van der Waals surface area contributed by atoms with Gasteiger partial charge in [-0.1, -0.05) is 24.3 Å². The Morgan fingerprint density at radius 2 is 2.00 bits per heavy atom. The number of Topliss-reactive ketones (excluding diaryl/α,β-unsaturated/α-hetero) is 1. The van der Waals surface area contributed by atoms with E-state index in [4.69, 9.17) is 4.42 Å². The molecule has 0 saturated carbocycles. The summed E-state index contributed by atoms with van der Waals surface area (Å²) >= 11 is 0. The van der Waals surface area contributed by atoms with E-state index in [9.17, 15) is 14.7 Å². The summed E-state index contributed by atoms with van der Waals surface area (Å²) in [6.45, 7) is 1.51. The Morgan fingerprint density at radius 1 is 1.24 bits per heavy atom. The van der Waals surface area contributed by atoms with Gasteiger partial charge in [0, 0.05) is 18.1 Å². The fourth-order valence-corrected chi connectivity index (χ4v) is 2.34. The Labute approximate surface area is 143 Å². The molecule has 126 valence electrons. The van der Waals surface area contributed by atoms with Crippen molar-refractivity contribution in [2.24, 2.45) is 0 Å². The van der Waals surface area contributed by atoms with Crippen molar-refractivity contribution in [1.29, 1.82) is 0 Å². The molecule has 0 aliphatic rings. The van der Waals surface area contributed by atoms with Crippen LogP contribution in [0.4, 0.5) is 0 Å². The van der Waals surface area contributed by atoms with Gasteiger partial charge >= 0.3 is 0 Å². The largest absolute Gasteiger partial charge is 0.504 e. The molecule has 0 aliphatic heterocycles. The van der Waals surface area contributed by atoms with Gasteiger partial charge in [-0.25, -0.2) is 4.98 Å². The second-order valence-corrected chi connectivity index (χ2v) is 5.40. The lowest BCUT2D eigenvalue weighted by Crippen LogP contribution is -2.01. The summed E-state index contributed by atoms with van der Waals surface area (Å²) in [5.74, 6) is -0.235. The minimum atomic E-state index is -0.411. The summed E-state index contributed by atoms with van der Waals surface area (Å²) < 4.78 is 5.40. The van der Waals surface area contributed by atoms with Crippen molar-refractivity contribution in [3.05, 3.63) is 77.3 Å². The Kier molecular flexibility index (Phi) is 4.56. The van der Waals surface area contributed by atoms with Crippen LogP contribution in [0.3, 0.4) is 0 Å². The minimum absolute atomic E-state index is 0.00648. The van der Waals surface area contributed by atoms with E-state index in [1.54, 1.807) is 18.2 Å². The van der Waals surface area contributed by atoms with Crippen LogP contribution in [0, 0.1) is 0 Å². The van der Waals surface area contributed by atoms with Crippen LogP contribution in [-0.2, 0) is 6.42 Å². The number of aromatic nitrogens is 3. The van der Waals surface area contributed by atoms with Crippen molar-refractivity contribution in [2.45, 2.75) is 13.3 Å². The number of carbonyl (C=O) groups excluding carboxylic acids is 2. The molecule has 0 amide bonds. The zero-order chi connectivity index (χ0) is 17.8. The summed E-state index contributed by atoms with van der Waals surface area (Å²) in [5.41, 5.74) is 1.87. The average molecular weight is 337 g/mol. The fourth-order valence-electron chi connectivity index (χ4n) is 2.34. The molecule has 3 aromatic rings. The highest BCUT2D eigenvalue weighted by Crippen LogP contribution is 2.18. The first-order chi connectivity index (χ1) is 12.0. The monoisotopic (exact) mass is 337 g/mol. The number of H-pyrrole nitrogens is 1. The lowest BCUT2D eigenvalue weighted by Gasteiger charge is -2.02. The number of aliphatic hydroxyl groups excluding tert-OH is 1. The van der Waals surface area contributed by atoms with E-state index in [-0.39, 0.29) is 17.4 Å². The molecule has 7 heteroatoms. The molecule has 3 rings (SSSR count). The molecular formula is C18H15N3O4. The fraction of sp³-hybridized carbons (Fsp3) is 0.111. The summed E-state index contributed by atoms with van der Waals surface area (Å²) in [6, 6.07) is 8.64. The van der Waals surface area contributed by atoms with Crippen LogP contribution < -0.4 is 0 Å². The summed E-state index contributed by atoms with van der Waals surface area (Å²) in [4.78, 5) is 27.4. The van der Waals surface area contributed by atoms with Gasteiger partial charge in [0.2, 0.25) is 5.82 Å². The highest BCUT2D eigenvalue weighted by Gasteiger charge is 2.15. The Bertz CT molecular complexity index is 922. The third kappa shape index (κ3) is 3.72. The highest BCUT2D eigenvalue weighted by atomic mass is 16.3. The molecule has 0 aliphatic carbocycles. The van der Waals surface area contributed by atoms with Crippen LogP contribution in [0.1, 0.15) is 44.8 Å². The number of hydrogen-bond donors (Lipinski definition) is 2. The molecule has 0 radical (unpaired) electrons. The number of aliphatic hydroxyl groups is 1. The van der Waals surface area contributed by atoms with Crippen molar-refractivity contribution < 1.29 is 19.1 Å². The van der Waals surface area contributed by atoms with E-state index < -0.39 is 5.78 Å². The number of carbonyl (C=O) groups is 2. The molecular weight excluding hydrogens is 322 g/mol. The number of nitrogens with zero attached hydrogens (tertiary/aromatic N) is 2. The summed E-state index contributed by atoms with van der Waals surface area (Å²) in [7, 11) is 0. The van der Waals surface area contributed by atoms with Crippen molar-refractivity contribution >= 4 is 17.3 Å². The van der Waals surface area contributed by atoms with Gasteiger partial charge in [-0.15, -0.1) is 0 Å². The van der Waals surface area contributed by atoms with Gasteiger partial charge in [-0.2, -0.15) is 5.10 Å². The topological polar surface area (TPSA) is 109 Å². The average Bonchev–Trinajstić information content (AvgIpc) is 3.27. The number of hydrogen-bond acceptors (Lipinski definition) is 6. The molecule has 0 unspecified atom stereocenters. The van der Waals surface area contributed by atoms with E-state index in [0.717, 1.165) is 11.6 Å². The highest BCUT2D eigenvalue weighted by molar-refractivity contribution is 6.08. The maximum absolute atomic E-state index is 12.4. The predicted molar refractivity (Wildman–Crippen MR) is 89.3 cm³/mol. The smallest absolute Gasteiger partial charge is 0.215 e. The van der Waals surface area contributed by atoms with Gasteiger partial charge < -0.3 is 9.52 Å². The normalized spacial score (nSPS) is 11.5. The maximum atomic E-state index is 12.4. The number of rotatable bonds is 6. The zero-order valence-electron chi connectivity index (χ0n) is 13.4. The lowest BCUT2D eigenvalue weighted by atomic mass is 10.0. The second kappa shape index (κ2) is 6.96. The van der Waals surface area contributed by atoms with E-state index >= 15 is 0 Å². The number of aromatic amines is 1. The van der Waals surface area contributed by atoms with Gasteiger partial charge in [0.1, 0.15) is 12.1 Å². The molecule has 0 spiro atoms. The molecule has 7 nitrogen and oxygen atoms in total. The first-order valence-electron chi connectivity index (χ1n) is 7.52. The van der Waals surface area contributed by atoms with E-state index in [2.05, 4.69) is 15.2 Å². The summed E-state index contributed by atoms with van der Waals surface area (Å²) in [6.07, 6.45) is 4.17. The number of nitrogens with one attached hydrogen (secondary N) is 1. The Morgan fingerprint density at radius 3 is 2.64 bits per heavy atom. The first kappa shape index (κ1) is 16.4. The minimum Gasteiger partial charge on any atom is -0.504 e. The Balaban J connectivity index is 1.79. The second-order valence-electron chi connectivity index (χ2n) is 5.40. The van der Waals surface area contributed by atoms with E-state index in [0.29, 0.717) is 23.3 Å². The number of benzene rings is 1. The van der Waals surface area contributed by atoms with Gasteiger partial charge in [0.05, 0.1) is 11.8 Å². The van der Waals surface area contributed by atoms with Crippen LogP contribution in [0.5, 0.6) is 0 Å². The quantitative estimate of drug-likeness (QED) is 0.406. The molecule has 0 saturated heterocycles. The predicted octanol–water partition coefficient (Wildman–Crippen LogP) is 2.97. The SMILES string of the molecule is CC(=O)c1ccc(Cc2occc2C(=O)C=C(O)c2nc[nH]n2)cc1. The lowest BCUT2D eigenvalue weighted by molar-refractivity contribution is 0.101. The molecule has 0 fully saturated rings. The van der Waals surface area contributed by atoms with Crippen molar-refractivity contribution in [2.75, 3.05) is 0 Å². The zero-order valence-corrected chi connectivity index (χ0v) is 13.4. The molecule has 2 N–H and O–H groups in total. The molecule has 1 aromatic carbocycles. The number of allylic oxidation sites excluding steroid dienone is 1. The van der Waals surface area contributed by atoms with Gasteiger partial charge in [0.25, 0.3) is 0 Å². The van der Waals surface area contributed by atoms with Crippen molar-refractivity contribution in [1.82, 2.24) is 15.2 Å². The van der Waals surface area contributed by atoms with Crippen LogP contribution >= 0.6 is 0 Å². The number of furan rings is 1. The molecule has 0 bridgehead atoms. The van der Waals surface area contributed by atoms with Gasteiger partial charge in [-0.3, -0.25) is 14.7 Å². The van der Waals surface area contributed by atoms with Crippen molar-refractivity contribution in [3.63, 3.8) is 0 Å². The summed E-state index contributed by atoms with van der Waals surface area (Å²) in [5, 5.41) is 16.0. The van der Waals surface area contributed by atoms with Crippen molar-refractivity contribution in [3.8, 4) is 0 Å². The molecule has 0 atom stereocenters.